The lowest BCUT2D eigenvalue weighted by Crippen LogP contribution is -2.00. The molecule has 0 radical (unpaired) electrons. The highest BCUT2D eigenvalue weighted by atomic mass is 35.5. The number of aryl methyl sites for hydroxylation is 2. The predicted octanol–water partition coefficient (Wildman–Crippen LogP) is 4.76. The average Bonchev–Trinajstić information content (AvgIpc) is 2.39. The Morgan fingerprint density at radius 3 is 2.11 bits per heavy atom. The van der Waals surface area contributed by atoms with Gasteiger partial charge >= 0.3 is 0 Å². The maximum absolute atomic E-state index is 12.8. The van der Waals surface area contributed by atoms with Crippen LogP contribution >= 0.6 is 11.6 Å². The van der Waals surface area contributed by atoms with E-state index < -0.39 is 0 Å². The summed E-state index contributed by atoms with van der Waals surface area (Å²) < 4.78 is 18.6. The van der Waals surface area contributed by atoms with Crippen LogP contribution < -0.4 is 4.74 Å². The van der Waals surface area contributed by atoms with Crippen molar-refractivity contribution in [2.24, 2.45) is 0 Å². The monoisotopic (exact) mass is 278 g/mol. The van der Waals surface area contributed by atoms with Crippen molar-refractivity contribution in [3.8, 4) is 5.75 Å². The maximum atomic E-state index is 12.8. The Bertz CT molecular complexity index is 540. The molecule has 0 unspecified atom stereocenters. The first-order valence-electron chi connectivity index (χ1n) is 6.13. The number of ether oxygens (including phenoxy) is 1. The Morgan fingerprint density at radius 2 is 1.58 bits per heavy atom. The highest BCUT2D eigenvalue weighted by Crippen LogP contribution is 2.26. The Kier molecular flexibility index (Phi) is 4.43. The second-order valence-electron chi connectivity index (χ2n) is 4.61. The molecule has 100 valence electrons. The zero-order valence-corrected chi connectivity index (χ0v) is 11.8. The molecule has 0 saturated heterocycles. The van der Waals surface area contributed by atoms with Gasteiger partial charge in [-0.3, -0.25) is 0 Å². The van der Waals surface area contributed by atoms with E-state index in [0.717, 1.165) is 28.0 Å². The van der Waals surface area contributed by atoms with E-state index in [0.29, 0.717) is 12.5 Å². The van der Waals surface area contributed by atoms with Gasteiger partial charge in [0, 0.05) is 5.88 Å². The topological polar surface area (TPSA) is 9.23 Å². The second kappa shape index (κ2) is 6.07. The summed E-state index contributed by atoms with van der Waals surface area (Å²) in [5.41, 5.74) is 4.17. The molecule has 0 bridgehead atoms. The third-order valence-corrected chi connectivity index (χ3v) is 3.28. The molecule has 3 heteroatoms. The summed E-state index contributed by atoms with van der Waals surface area (Å²) in [6.45, 7) is 4.44. The first-order valence-corrected chi connectivity index (χ1v) is 6.67. The van der Waals surface area contributed by atoms with Crippen LogP contribution in [0, 0.1) is 19.7 Å². The van der Waals surface area contributed by atoms with Gasteiger partial charge in [-0.05, 0) is 48.2 Å². The summed E-state index contributed by atoms with van der Waals surface area (Å²) in [7, 11) is 0. The van der Waals surface area contributed by atoms with Crippen LogP contribution in [-0.4, -0.2) is 0 Å². The standard InChI is InChI=1S/C16H16ClFO/c1-11-7-14(9-17)8-12(2)16(11)19-10-13-3-5-15(18)6-4-13/h3-8H,9-10H2,1-2H3. The summed E-state index contributed by atoms with van der Waals surface area (Å²) in [6, 6.07) is 10.4. The van der Waals surface area contributed by atoms with Crippen LogP contribution in [0.15, 0.2) is 36.4 Å². The van der Waals surface area contributed by atoms with Gasteiger partial charge < -0.3 is 4.74 Å². The zero-order chi connectivity index (χ0) is 13.8. The minimum Gasteiger partial charge on any atom is -0.488 e. The molecule has 2 aromatic carbocycles. The molecule has 0 heterocycles. The molecule has 0 fully saturated rings. The Labute approximate surface area is 118 Å². The normalized spacial score (nSPS) is 10.5. The van der Waals surface area contributed by atoms with Crippen LogP contribution in [-0.2, 0) is 12.5 Å². The molecule has 0 N–H and O–H groups in total. The quantitative estimate of drug-likeness (QED) is 0.733. The van der Waals surface area contributed by atoms with Crippen LogP contribution in [0.5, 0.6) is 5.75 Å². The molecular formula is C16H16ClFO. The second-order valence-corrected chi connectivity index (χ2v) is 4.87. The van der Waals surface area contributed by atoms with Gasteiger partial charge in [-0.15, -0.1) is 11.6 Å². The van der Waals surface area contributed by atoms with Gasteiger partial charge in [0.25, 0.3) is 0 Å². The minimum atomic E-state index is -0.234. The van der Waals surface area contributed by atoms with Crippen LogP contribution in [0.4, 0.5) is 4.39 Å². The third-order valence-electron chi connectivity index (χ3n) is 2.97. The number of halogens is 2. The van der Waals surface area contributed by atoms with E-state index in [1.54, 1.807) is 12.1 Å². The van der Waals surface area contributed by atoms with Crippen molar-refractivity contribution in [3.63, 3.8) is 0 Å². The first kappa shape index (κ1) is 13.9. The van der Waals surface area contributed by atoms with Crippen LogP contribution in [0.2, 0.25) is 0 Å². The van der Waals surface area contributed by atoms with Crippen molar-refractivity contribution in [3.05, 3.63) is 64.5 Å². The number of rotatable bonds is 4. The van der Waals surface area contributed by atoms with Crippen molar-refractivity contribution in [1.29, 1.82) is 0 Å². The molecule has 19 heavy (non-hydrogen) atoms. The van der Waals surface area contributed by atoms with Gasteiger partial charge in [-0.2, -0.15) is 0 Å². The van der Waals surface area contributed by atoms with Gasteiger partial charge in [-0.1, -0.05) is 24.3 Å². The minimum absolute atomic E-state index is 0.234. The molecule has 0 spiro atoms. The van der Waals surface area contributed by atoms with Crippen molar-refractivity contribution in [2.75, 3.05) is 0 Å². The van der Waals surface area contributed by atoms with Gasteiger partial charge in [0.15, 0.2) is 0 Å². The van der Waals surface area contributed by atoms with Gasteiger partial charge in [0.2, 0.25) is 0 Å². The highest BCUT2D eigenvalue weighted by Gasteiger charge is 2.06. The fourth-order valence-electron chi connectivity index (χ4n) is 2.08. The van der Waals surface area contributed by atoms with Crippen molar-refractivity contribution >= 4 is 11.6 Å². The lowest BCUT2D eigenvalue weighted by Gasteiger charge is -2.13. The Hall–Kier alpha value is -1.54. The largest absolute Gasteiger partial charge is 0.488 e. The van der Waals surface area contributed by atoms with Crippen molar-refractivity contribution in [1.82, 2.24) is 0 Å². The van der Waals surface area contributed by atoms with E-state index in [-0.39, 0.29) is 5.82 Å². The number of hydrogen-bond donors (Lipinski definition) is 0. The van der Waals surface area contributed by atoms with Gasteiger partial charge in [-0.25, -0.2) is 4.39 Å². The molecule has 1 nitrogen and oxygen atoms in total. The highest BCUT2D eigenvalue weighted by molar-refractivity contribution is 6.17. The van der Waals surface area contributed by atoms with E-state index in [2.05, 4.69) is 0 Å². The molecule has 0 saturated carbocycles. The lowest BCUT2D eigenvalue weighted by atomic mass is 10.1. The Balaban J connectivity index is 2.13. The maximum Gasteiger partial charge on any atom is 0.125 e. The summed E-state index contributed by atoms with van der Waals surface area (Å²) >= 11 is 5.83. The zero-order valence-electron chi connectivity index (χ0n) is 11.0. The fourth-order valence-corrected chi connectivity index (χ4v) is 2.24. The third kappa shape index (κ3) is 3.48. The van der Waals surface area contributed by atoms with Crippen LogP contribution in [0.3, 0.4) is 0 Å². The average molecular weight is 279 g/mol. The van der Waals surface area contributed by atoms with Crippen molar-refractivity contribution in [2.45, 2.75) is 26.3 Å². The molecular weight excluding hydrogens is 263 g/mol. The van der Waals surface area contributed by atoms with E-state index in [1.807, 2.05) is 26.0 Å². The van der Waals surface area contributed by atoms with Crippen LogP contribution in [0.1, 0.15) is 22.3 Å². The van der Waals surface area contributed by atoms with Gasteiger partial charge in [0.1, 0.15) is 18.2 Å². The molecule has 0 aliphatic rings. The van der Waals surface area contributed by atoms with E-state index in [1.165, 1.54) is 12.1 Å². The number of benzene rings is 2. The number of hydrogen-bond acceptors (Lipinski definition) is 1. The summed E-state index contributed by atoms with van der Waals surface area (Å²) in [6.07, 6.45) is 0. The molecule has 2 rings (SSSR count). The molecule has 0 aromatic heterocycles. The molecule has 0 aliphatic carbocycles. The van der Waals surface area contributed by atoms with Gasteiger partial charge in [0.05, 0.1) is 0 Å². The SMILES string of the molecule is Cc1cc(CCl)cc(C)c1OCc1ccc(F)cc1. The number of alkyl halides is 1. The molecule has 0 aliphatic heterocycles. The summed E-state index contributed by atoms with van der Waals surface area (Å²) in [4.78, 5) is 0. The van der Waals surface area contributed by atoms with E-state index >= 15 is 0 Å². The fraction of sp³-hybridized carbons (Fsp3) is 0.250. The Morgan fingerprint density at radius 1 is 1.00 bits per heavy atom. The molecule has 0 atom stereocenters. The predicted molar refractivity (Wildman–Crippen MR) is 76.2 cm³/mol. The van der Waals surface area contributed by atoms with E-state index in [4.69, 9.17) is 16.3 Å². The van der Waals surface area contributed by atoms with Crippen molar-refractivity contribution < 1.29 is 9.13 Å². The van der Waals surface area contributed by atoms with Crippen LogP contribution in [0.25, 0.3) is 0 Å². The molecule has 2 aromatic rings. The first-order chi connectivity index (χ1) is 9.10. The smallest absolute Gasteiger partial charge is 0.125 e. The summed E-state index contributed by atoms with van der Waals surface area (Å²) in [5.74, 6) is 1.14. The lowest BCUT2D eigenvalue weighted by molar-refractivity contribution is 0.301. The molecule has 0 amide bonds. The summed E-state index contributed by atoms with van der Waals surface area (Å²) in [5, 5.41) is 0. The van der Waals surface area contributed by atoms with E-state index in [9.17, 15) is 4.39 Å².